The van der Waals surface area contributed by atoms with Gasteiger partial charge in [-0.1, -0.05) is 11.6 Å². The summed E-state index contributed by atoms with van der Waals surface area (Å²) in [5, 5.41) is 0.625. The Morgan fingerprint density at radius 3 is 2.65 bits per heavy atom. The molecule has 0 amide bonds. The number of rotatable bonds is 5. The zero-order valence-electron chi connectivity index (χ0n) is 11.0. The fraction of sp³-hybridized carbons (Fsp3) is 0.214. The van der Waals surface area contributed by atoms with Gasteiger partial charge in [0.2, 0.25) is 0 Å². The molecule has 0 saturated heterocycles. The topological polar surface area (TPSA) is 61.3 Å². The zero-order valence-corrected chi connectivity index (χ0v) is 11.8. The smallest absolute Gasteiger partial charge is 0.293 e. The van der Waals surface area contributed by atoms with Gasteiger partial charge < -0.3 is 9.47 Å². The van der Waals surface area contributed by atoms with Crippen LogP contribution in [0.3, 0.4) is 0 Å². The molecule has 5 nitrogen and oxygen atoms in total. The number of hydrogen-bond acceptors (Lipinski definition) is 5. The number of nitrogens with zero attached hydrogens (tertiary/aromatic N) is 2. The Labute approximate surface area is 122 Å². The molecule has 2 heterocycles. The number of carbonyl (C=O) groups excluding carboxylic acids is 1. The van der Waals surface area contributed by atoms with Gasteiger partial charge in [0.15, 0.2) is 0 Å². The van der Waals surface area contributed by atoms with Gasteiger partial charge in [-0.3, -0.25) is 14.8 Å². The predicted octanol–water partition coefficient (Wildman–Crippen LogP) is 2.89. The average Bonchev–Trinajstić information content (AvgIpc) is 2.49. The van der Waals surface area contributed by atoms with Crippen LogP contribution < -0.4 is 4.74 Å². The third-order valence-corrected chi connectivity index (χ3v) is 2.27. The van der Waals surface area contributed by atoms with Crippen LogP contribution in [0.2, 0.25) is 5.02 Å². The highest BCUT2D eigenvalue weighted by atomic mass is 35.5. The average molecular weight is 295 g/mol. The fourth-order valence-electron chi connectivity index (χ4n) is 1.15. The summed E-state index contributed by atoms with van der Waals surface area (Å²) in [7, 11) is 0. The molecule has 6 heteroatoms. The number of hydrogen-bond donors (Lipinski definition) is 0. The van der Waals surface area contributed by atoms with Crippen LogP contribution in [-0.2, 0) is 16.1 Å². The summed E-state index contributed by atoms with van der Waals surface area (Å²) in [6.45, 7) is 3.08. The highest BCUT2D eigenvalue weighted by Gasteiger charge is 1.96. The van der Waals surface area contributed by atoms with E-state index in [9.17, 15) is 4.79 Å². The van der Waals surface area contributed by atoms with Crippen LogP contribution in [0.1, 0.15) is 12.6 Å². The van der Waals surface area contributed by atoms with E-state index < -0.39 is 0 Å². The minimum absolute atomic E-state index is 0.420. The molecule has 106 valence electrons. The van der Waals surface area contributed by atoms with Crippen molar-refractivity contribution in [2.45, 2.75) is 13.5 Å². The van der Waals surface area contributed by atoms with Crippen molar-refractivity contribution >= 4 is 18.1 Å². The first-order valence-corrected chi connectivity index (χ1v) is 6.32. The van der Waals surface area contributed by atoms with Crippen LogP contribution in [0.15, 0.2) is 42.9 Å². The van der Waals surface area contributed by atoms with E-state index in [1.54, 1.807) is 31.6 Å². The Balaban J connectivity index is 0.000000347. The lowest BCUT2D eigenvalue weighted by Gasteiger charge is -2.04. The summed E-state index contributed by atoms with van der Waals surface area (Å²) in [6, 6.07) is 7.29. The Bertz CT molecular complexity index is 492. The first-order valence-electron chi connectivity index (χ1n) is 5.94. The molecule has 0 spiro atoms. The van der Waals surface area contributed by atoms with E-state index >= 15 is 0 Å². The molecule has 0 bridgehead atoms. The van der Waals surface area contributed by atoms with Gasteiger partial charge in [-0.05, 0) is 31.2 Å². The highest BCUT2D eigenvalue weighted by molar-refractivity contribution is 6.30. The number of halogens is 1. The van der Waals surface area contributed by atoms with Gasteiger partial charge in [0.25, 0.3) is 6.47 Å². The molecule has 0 radical (unpaired) electrons. The molecular weight excluding hydrogens is 280 g/mol. The lowest BCUT2D eigenvalue weighted by Crippen LogP contribution is -1.97. The van der Waals surface area contributed by atoms with Crippen molar-refractivity contribution < 1.29 is 14.3 Å². The molecule has 0 aliphatic rings. The number of pyridine rings is 2. The molecule has 2 aromatic rings. The van der Waals surface area contributed by atoms with Gasteiger partial charge in [0, 0.05) is 12.4 Å². The third kappa shape index (κ3) is 6.70. The molecular formula is C14H15ClN2O3. The van der Waals surface area contributed by atoms with Crippen LogP contribution >= 0.6 is 11.6 Å². The van der Waals surface area contributed by atoms with Crippen LogP contribution in [0.5, 0.6) is 5.75 Å². The molecule has 20 heavy (non-hydrogen) atoms. The molecule has 0 atom stereocenters. The van der Waals surface area contributed by atoms with Crippen molar-refractivity contribution in [3.63, 3.8) is 0 Å². The Kier molecular flexibility index (Phi) is 7.76. The van der Waals surface area contributed by atoms with Gasteiger partial charge in [-0.15, -0.1) is 0 Å². The van der Waals surface area contributed by atoms with E-state index in [1.165, 1.54) is 0 Å². The molecule has 0 aliphatic heterocycles. The maximum absolute atomic E-state index is 9.18. The summed E-state index contributed by atoms with van der Waals surface area (Å²) in [5.74, 6) is 0.731. The van der Waals surface area contributed by atoms with Crippen LogP contribution in [0.25, 0.3) is 0 Å². The van der Waals surface area contributed by atoms with Gasteiger partial charge in [-0.25, -0.2) is 0 Å². The number of aromatic nitrogens is 2. The van der Waals surface area contributed by atoms with Crippen molar-refractivity contribution in [1.29, 1.82) is 0 Å². The molecule has 0 saturated carbocycles. The van der Waals surface area contributed by atoms with Gasteiger partial charge in [0.05, 0.1) is 23.5 Å². The van der Waals surface area contributed by atoms with Gasteiger partial charge >= 0.3 is 0 Å². The monoisotopic (exact) mass is 294 g/mol. The lowest BCUT2D eigenvalue weighted by atomic mass is 10.4. The van der Waals surface area contributed by atoms with Crippen LogP contribution in [0.4, 0.5) is 0 Å². The maximum atomic E-state index is 9.18. The third-order valence-electron chi connectivity index (χ3n) is 2.04. The van der Waals surface area contributed by atoms with E-state index in [0.29, 0.717) is 24.7 Å². The molecule has 0 N–H and O–H groups in total. The molecule has 0 fully saturated rings. The van der Waals surface area contributed by atoms with Crippen LogP contribution in [-0.4, -0.2) is 23.0 Å². The molecule has 0 unspecified atom stereocenters. The second kappa shape index (κ2) is 9.75. The highest BCUT2D eigenvalue weighted by Crippen LogP contribution is 2.10. The fourth-order valence-corrected chi connectivity index (χ4v) is 1.26. The van der Waals surface area contributed by atoms with Gasteiger partial charge in [0.1, 0.15) is 12.4 Å². The Hall–Kier alpha value is -2.14. The molecule has 0 aromatic carbocycles. The summed E-state index contributed by atoms with van der Waals surface area (Å²) in [4.78, 5) is 17.2. The first kappa shape index (κ1) is 15.9. The van der Waals surface area contributed by atoms with Gasteiger partial charge in [-0.2, -0.15) is 0 Å². The van der Waals surface area contributed by atoms with Crippen molar-refractivity contribution in [2.75, 3.05) is 6.61 Å². The zero-order chi connectivity index (χ0) is 14.6. The van der Waals surface area contributed by atoms with Crippen molar-refractivity contribution in [1.82, 2.24) is 9.97 Å². The minimum Gasteiger partial charge on any atom is -0.486 e. The second-order valence-electron chi connectivity index (χ2n) is 3.50. The second-order valence-corrected chi connectivity index (χ2v) is 3.93. The normalized spacial score (nSPS) is 9.10. The number of carbonyl (C=O) groups is 1. The lowest BCUT2D eigenvalue weighted by molar-refractivity contribution is -0.128. The Morgan fingerprint density at radius 1 is 1.30 bits per heavy atom. The molecule has 2 aromatic heterocycles. The summed E-state index contributed by atoms with van der Waals surface area (Å²) >= 11 is 5.72. The maximum Gasteiger partial charge on any atom is 0.293 e. The molecule has 0 aliphatic carbocycles. The molecule has 2 rings (SSSR count). The van der Waals surface area contributed by atoms with E-state index in [2.05, 4.69) is 14.7 Å². The minimum atomic E-state index is 0.420. The van der Waals surface area contributed by atoms with Crippen LogP contribution in [0, 0.1) is 0 Å². The van der Waals surface area contributed by atoms with E-state index in [4.69, 9.17) is 16.3 Å². The summed E-state index contributed by atoms with van der Waals surface area (Å²) in [5.41, 5.74) is 0.836. The van der Waals surface area contributed by atoms with Crippen molar-refractivity contribution in [3.05, 3.63) is 53.6 Å². The summed E-state index contributed by atoms with van der Waals surface area (Å²) < 4.78 is 9.62. The summed E-state index contributed by atoms with van der Waals surface area (Å²) in [6.07, 6.45) is 4.97. The quantitative estimate of drug-likeness (QED) is 0.794. The van der Waals surface area contributed by atoms with Crippen molar-refractivity contribution in [2.24, 2.45) is 0 Å². The van der Waals surface area contributed by atoms with Crippen molar-refractivity contribution in [3.8, 4) is 5.75 Å². The first-order chi connectivity index (χ1) is 9.76. The van der Waals surface area contributed by atoms with E-state index in [0.717, 1.165) is 11.4 Å². The van der Waals surface area contributed by atoms with E-state index in [1.807, 2.05) is 18.2 Å². The standard InChI is InChI=1S/C11H9ClN2O.C3H6O2/c12-9-3-4-10(14-6-9)8-15-11-2-1-5-13-7-11;1-2-5-3-4/h1-7H,8H2;3H,2H2,1H3. The SMILES string of the molecule is CCOC=O.Clc1ccc(COc2cccnc2)nc1. The Morgan fingerprint density at radius 2 is 2.15 bits per heavy atom. The number of ether oxygens (including phenoxy) is 2. The van der Waals surface area contributed by atoms with E-state index in [-0.39, 0.29) is 0 Å². The predicted molar refractivity (Wildman–Crippen MR) is 75.5 cm³/mol. The largest absolute Gasteiger partial charge is 0.486 e.